The molecule has 0 unspecified atom stereocenters. The van der Waals surface area contributed by atoms with Gasteiger partial charge in [-0.3, -0.25) is 4.79 Å². The number of aromatic nitrogens is 1. The van der Waals surface area contributed by atoms with E-state index < -0.39 is 11.6 Å². The molecular formula is C19H21F2NO. The molecule has 2 rings (SSSR count). The number of hydrogen-bond acceptors (Lipinski definition) is 1. The first kappa shape index (κ1) is 17.1. The molecule has 0 aliphatic heterocycles. The lowest BCUT2D eigenvalue weighted by atomic mass is 10.1. The van der Waals surface area contributed by atoms with Crippen LogP contribution in [0.1, 0.15) is 40.7 Å². The summed E-state index contributed by atoms with van der Waals surface area (Å²) >= 11 is 0. The molecule has 0 N–H and O–H groups in total. The maximum absolute atomic E-state index is 13.7. The first-order chi connectivity index (χ1) is 10.9. The number of rotatable bonds is 6. The molecule has 0 saturated heterocycles. The van der Waals surface area contributed by atoms with Crippen LogP contribution in [-0.4, -0.2) is 10.4 Å². The fourth-order valence-electron chi connectivity index (χ4n) is 2.56. The Hall–Kier alpha value is -2.23. The minimum Gasteiger partial charge on any atom is -0.338 e. The zero-order valence-corrected chi connectivity index (χ0v) is 13.7. The molecule has 4 heteroatoms. The van der Waals surface area contributed by atoms with Gasteiger partial charge in [0.2, 0.25) is 0 Å². The van der Waals surface area contributed by atoms with E-state index >= 15 is 0 Å². The van der Waals surface area contributed by atoms with Crippen molar-refractivity contribution in [1.29, 1.82) is 0 Å². The van der Waals surface area contributed by atoms with Crippen LogP contribution in [0.4, 0.5) is 8.78 Å². The van der Waals surface area contributed by atoms with Gasteiger partial charge in [-0.25, -0.2) is 8.78 Å². The largest absolute Gasteiger partial charge is 0.338 e. The van der Waals surface area contributed by atoms with Crippen LogP contribution in [0.3, 0.4) is 0 Å². The van der Waals surface area contributed by atoms with Crippen LogP contribution in [-0.2, 0) is 13.0 Å². The number of ketones is 1. The second kappa shape index (κ2) is 7.36. The molecule has 0 fully saturated rings. The molecule has 2 nitrogen and oxygen atoms in total. The number of benzene rings is 1. The number of nitrogens with zero attached hydrogens (tertiary/aromatic N) is 1. The number of hydrogen-bond donors (Lipinski definition) is 0. The zero-order chi connectivity index (χ0) is 17.0. The van der Waals surface area contributed by atoms with Crippen molar-refractivity contribution in [2.24, 2.45) is 0 Å². The summed E-state index contributed by atoms with van der Waals surface area (Å²) in [7, 11) is 0. The second-order valence-corrected chi connectivity index (χ2v) is 5.64. The molecule has 0 amide bonds. The highest BCUT2D eigenvalue weighted by Gasteiger charge is 2.16. The molecule has 0 atom stereocenters. The van der Waals surface area contributed by atoms with Crippen LogP contribution in [0.5, 0.6) is 0 Å². The van der Waals surface area contributed by atoms with E-state index in [1.165, 1.54) is 12.1 Å². The van der Waals surface area contributed by atoms with E-state index in [4.69, 9.17) is 0 Å². The average molecular weight is 317 g/mol. The zero-order valence-electron chi connectivity index (χ0n) is 13.7. The molecule has 23 heavy (non-hydrogen) atoms. The summed E-state index contributed by atoms with van der Waals surface area (Å²) in [5, 5.41) is 0. The van der Waals surface area contributed by atoms with Crippen molar-refractivity contribution in [2.75, 3.05) is 0 Å². The van der Waals surface area contributed by atoms with E-state index in [1.54, 1.807) is 0 Å². The van der Waals surface area contributed by atoms with Crippen LogP contribution in [0.15, 0.2) is 36.4 Å². The summed E-state index contributed by atoms with van der Waals surface area (Å²) in [5.74, 6) is -1.24. The van der Waals surface area contributed by atoms with Gasteiger partial charge in [0.05, 0.1) is 5.69 Å². The van der Waals surface area contributed by atoms with Crippen molar-refractivity contribution in [3.05, 3.63) is 70.6 Å². The Labute approximate surface area is 135 Å². The van der Waals surface area contributed by atoms with E-state index in [2.05, 4.69) is 0 Å². The van der Waals surface area contributed by atoms with Crippen molar-refractivity contribution in [2.45, 2.75) is 40.2 Å². The Morgan fingerprint density at radius 3 is 2.61 bits per heavy atom. The number of halogens is 2. The normalized spacial score (nSPS) is 11.3. The third-order valence-electron chi connectivity index (χ3n) is 4.07. The van der Waals surface area contributed by atoms with Gasteiger partial charge in [0.15, 0.2) is 5.78 Å². The van der Waals surface area contributed by atoms with Crippen LogP contribution in [0.2, 0.25) is 0 Å². The highest BCUT2D eigenvalue weighted by molar-refractivity contribution is 5.95. The molecule has 1 heterocycles. The molecule has 0 spiro atoms. The summed E-state index contributed by atoms with van der Waals surface area (Å²) in [5.41, 5.74) is 3.12. The summed E-state index contributed by atoms with van der Waals surface area (Å²) < 4.78 is 28.5. The summed E-state index contributed by atoms with van der Waals surface area (Å²) in [6.45, 7) is 6.53. The van der Waals surface area contributed by atoms with Gasteiger partial charge in [0.1, 0.15) is 11.6 Å². The van der Waals surface area contributed by atoms with E-state index in [0.717, 1.165) is 17.3 Å². The van der Waals surface area contributed by atoms with Gasteiger partial charge in [0.25, 0.3) is 0 Å². The molecule has 0 radical (unpaired) electrons. The molecule has 1 aromatic heterocycles. The Balaban J connectivity index is 2.16. The predicted octanol–water partition coefficient (Wildman–Crippen LogP) is 4.77. The van der Waals surface area contributed by atoms with Crippen molar-refractivity contribution in [1.82, 2.24) is 4.57 Å². The number of aryl methyl sites for hydroxylation is 2. The molecule has 1 aromatic carbocycles. The minimum atomic E-state index is -0.607. The van der Waals surface area contributed by atoms with Crippen LogP contribution < -0.4 is 0 Å². The fraction of sp³-hybridized carbons (Fsp3) is 0.316. The van der Waals surface area contributed by atoms with Gasteiger partial charge in [-0.15, -0.1) is 0 Å². The van der Waals surface area contributed by atoms with E-state index in [9.17, 15) is 13.6 Å². The number of carbonyl (C=O) groups excluding carboxylic acids is 1. The Kier molecular flexibility index (Phi) is 5.48. The van der Waals surface area contributed by atoms with Gasteiger partial charge in [0, 0.05) is 24.7 Å². The lowest BCUT2D eigenvalue weighted by Gasteiger charge is -2.09. The fourth-order valence-corrected chi connectivity index (χ4v) is 2.56. The van der Waals surface area contributed by atoms with Gasteiger partial charge in [-0.1, -0.05) is 18.2 Å². The maximum atomic E-state index is 13.7. The van der Waals surface area contributed by atoms with Gasteiger partial charge in [-0.2, -0.15) is 0 Å². The SMILES string of the molecule is CC=CCn1c(C(=O)CCc2ccc(F)cc2F)cc(C)c1C. The first-order valence-corrected chi connectivity index (χ1v) is 7.69. The van der Waals surface area contributed by atoms with Crippen molar-refractivity contribution >= 4 is 5.78 Å². The number of carbonyl (C=O) groups is 1. The van der Waals surface area contributed by atoms with Gasteiger partial charge < -0.3 is 4.57 Å². The average Bonchev–Trinajstić information content (AvgIpc) is 2.79. The first-order valence-electron chi connectivity index (χ1n) is 7.69. The number of allylic oxidation sites excluding steroid dienone is 2. The Morgan fingerprint density at radius 1 is 1.22 bits per heavy atom. The quantitative estimate of drug-likeness (QED) is 0.555. The smallest absolute Gasteiger partial charge is 0.179 e. The van der Waals surface area contributed by atoms with Crippen LogP contribution in [0, 0.1) is 25.5 Å². The lowest BCUT2D eigenvalue weighted by molar-refractivity contribution is 0.0974. The monoisotopic (exact) mass is 317 g/mol. The predicted molar refractivity (Wildman–Crippen MR) is 87.7 cm³/mol. The summed E-state index contributed by atoms with van der Waals surface area (Å²) in [4.78, 5) is 12.5. The van der Waals surface area contributed by atoms with Crippen LogP contribution >= 0.6 is 0 Å². The maximum Gasteiger partial charge on any atom is 0.179 e. The van der Waals surface area contributed by atoms with Crippen molar-refractivity contribution in [3.63, 3.8) is 0 Å². The third kappa shape index (κ3) is 3.95. The van der Waals surface area contributed by atoms with Crippen molar-refractivity contribution in [3.8, 4) is 0 Å². The molecule has 0 aliphatic rings. The highest BCUT2D eigenvalue weighted by atomic mass is 19.1. The molecule has 0 aliphatic carbocycles. The molecule has 122 valence electrons. The topological polar surface area (TPSA) is 22.0 Å². The van der Waals surface area contributed by atoms with E-state index in [1.807, 2.05) is 43.6 Å². The van der Waals surface area contributed by atoms with Crippen molar-refractivity contribution < 1.29 is 13.6 Å². The second-order valence-electron chi connectivity index (χ2n) is 5.64. The molecule has 0 bridgehead atoms. The minimum absolute atomic E-state index is 0.0329. The highest BCUT2D eigenvalue weighted by Crippen LogP contribution is 2.18. The summed E-state index contributed by atoms with van der Waals surface area (Å²) in [6.07, 6.45) is 4.39. The van der Waals surface area contributed by atoms with Gasteiger partial charge >= 0.3 is 0 Å². The Morgan fingerprint density at radius 2 is 1.96 bits per heavy atom. The molecular weight excluding hydrogens is 296 g/mol. The lowest BCUT2D eigenvalue weighted by Crippen LogP contribution is -2.11. The van der Waals surface area contributed by atoms with Crippen LogP contribution in [0.25, 0.3) is 0 Å². The van der Waals surface area contributed by atoms with E-state index in [0.29, 0.717) is 17.8 Å². The third-order valence-corrected chi connectivity index (χ3v) is 4.07. The van der Waals surface area contributed by atoms with E-state index in [-0.39, 0.29) is 18.6 Å². The summed E-state index contributed by atoms with van der Waals surface area (Å²) in [6, 6.07) is 5.34. The molecule has 2 aromatic rings. The standard InChI is InChI=1S/C19H21F2NO/c1-4-5-10-22-14(3)13(2)11-18(22)19(23)9-7-15-6-8-16(20)12-17(15)21/h4-6,8,11-12H,7,9-10H2,1-3H3. The van der Waals surface area contributed by atoms with Gasteiger partial charge in [-0.05, 0) is 50.5 Å². The molecule has 0 saturated carbocycles. The Bertz CT molecular complexity index is 744. The number of Topliss-reactive ketones (excluding diaryl/α,β-unsaturated/α-hetero) is 1.